The minimum absolute atomic E-state index is 0.250. The third-order valence-electron chi connectivity index (χ3n) is 2.74. The Bertz CT molecular complexity index is 631. The summed E-state index contributed by atoms with van der Waals surface area (Å²) in [4.78, 5) is 8.58. The fraction of sp³-hybridized carbons (Fsp3) is 0. The van der Waals surface area contributed by atoms with Gasteiger partial charge in [-0.1, -0.05) is 42.5 Å². The van der Waals surface area contributed by atoms with Crippen LogP contribution in [0.1, 0.15) is 0 Å². The van der Waals surface area contributed by atoms with Crippen LogP contribution in [-0.4, -0.2) is 16.2 Å². The Labute approximate surface area is 117 Å². The van der Waals surface area contributed by atoms with Crippen LogP contribution in [-0.2, 0) is 4.79 Å². The molecule has 0 bridgehead atoms. The van der Waals surface area contributed by atoms with Crippen LogP contribution in [0, 0.1) is 0 Å². The molecule has 1 aromatic heterocycles. The quantitative estimate of drug-likeness (QED) is 0.724. The lowest BCUT2D eigenvalue weighted by molar-refractivity contribution is -0.106. The van der Waals surface area contributed by atoms with Crippen molar-refractivity contribution in [3.63, 3.8) is 0 Å². The maximum atomic E-state index is 8.58. The molecule has 0 aliphatic carbocycles. The topological polar surface area (TPSA) is 60.9 Å². The first-order chi connectivity index (χ1) is 9.85. The predicted molar refractivity (Wildman–Crippen MR) is 79.3 cm³/mol. The van der Waals surface area contributed by atoms with Crippen LogP contribution in [0.5, 0.6) is 0 Å². The van der Waals surface area contributed by atoms with E-state index in [0.717, 1.165) is 5.69 Å². The molecule has 0 unspecified atom stereocenters. The van der Waals surface area contributed by atoms with Crippen molar-refractivity contribution in [3.8, 4) is 16.8 Å². The van der Waals surface area contributed by atoms with Crippen LogP contribution < -0.4 is 5.73 Å². The van der Waals surface area contributed by atoms with E-state index >= 15 is 0 Å². The number of carbonyl (C=O) groups excluding carboxylic acids is 1. The number of carbonyl (C=O) groups is 1. The lowest BCUT2D eigenvalue weighted by atomic mass is 10.1. The molecule has 0 saturated carbocycles. The Hall–Kier alpha value is -2.88. The zero-order valence-electron chi connectivity index (χ0n) is 10.9. The first-order valence-electron chi connectivity index (χ1n) is 6.16. The molecule has 0 spiro atoms. The van der Waals surface area contributed by atoms with Gasteiger partial charge in [-0.3, -0.25) is 4.79 Å². The summed E-state index contributed by atoms with van der Waals surface area (Å²) in [5, 5.41) is 4.21. The summed E-state index contributed by atoms with van der Waals surface area (Å²) in [6, 6.07) is 20.7. The fourth-order valence-electron chi connectivity index (χ4n) is 1.86. The molecule has 2 aromatic carbocycles. The molecule has 2 N–H and O–H groups in total. The Morgan fingerprint density at radius 3 is 2.05 bits per heavy atom. The molecule has 0 aliphatic heterocycles. The van der Waals surface area contributed by atoms with E-state index in [0.29, 0.717) is 0 Å². The molecule has 4 heteroatoms. The fourth-order valence-corrected chi connectivity index (χ4v) is 1.86. The SMILES string of the molecule is NC=O.c1ccc(-c2ccc(-n3cccn3)cc2)cc1. The molecule has 0 fully saturated rings. The molecular weight excluding hydrogens is 250 g/mol. The van der Waals surface area contributed by atoms with Gasteiger partial charge in [0.1, 0.15) is 0 Å². The van der Waals surface area contributed by atoms with Gasteiger partial charge in [-0.25, -0.2) is 4.68 Å². The zero-order valence-corrected chi connectivity index (χ0v) is 10.9. The number of rotatable bonds is 2. The summed E-state index contributed by atoms with van der Waals surface area (Å²) < 4.78 is 1.86. The first-order valence-corrected chi connectivity index (χ1v) is 6.16. The van der Waals surface area contributed by atoms with Gasteiger partial charge in [0.05, 0.1) is 5.69 Å². The van der Waals surface area contributed by atoms with Crippen LogP contribution in [0.15, 0.2) is 73.1 Å². The largest absolute Gasteiger partial charge is 0.372 e. The second kappa shape index (κ2) is 6.89. The number of nitrogens with two attached hydrogens (primary N) is 1. The average Bonchev–Trinajstić information content (AvgIpc) is 3.03. The minimum Gasteiger partial charge on any atom is -0.372 e. The molecule has 0 atom stereocenters. The highest BCUT2D eigenvalue weighted by Gasteiger charge is 1.98. The van der Waals surface area contributed by atoms with Gasteiger partial charge < -0.3 is 5.73 Å². The van der Waals surface area contributed by atoms with Gasteiger partial charge in [0.15, 0.2) is 0 Å². The van der Waals surface area contributed by atoms with Crippen molar-refractivity contribution >= 4 is 6.41 Å². The second-order valence-electron chi connectivity index (χ2n) is 4.00. The number of hydrogen-bond acceptors (Lipinski definition) is 2. The third-order valence-corrected chi connectivity index (χ3v) is 2.74. The summed E-state index contributed by atoms with van der Waals surface area (Å²) in [5.74, 6) is 0. The van der Waals surface area contributed by atoms with Gasteiger partial charge in [-0.05, 0) is 29.3 Å². The van der Waals surface area contributed by atoms with E-state index in [1.165, 1.54) is 11.1 Å². The Morgan fingerprint density at radius 2 is 1.50 bits per heavy atom. The molecule has 100 valence electrons. The number of hydrogen-bond donors (Lipinski definition) is 1. The summed E-state index contributed by atoms with van der Waals surface area (Å²) >= 11 is 0. The van der Waals surface area contributed by atoms with E-state index in [9.17, 15) is 0 Å². The van der Waals surface area contributed by atoms with E-state index in [1.54, 1.807) is 6.20 Å². The van der Waals surface area contributed by atoms with E-state index in [-0.39, 0.29) is 6.41 Å². The first kappa shape index (κ1) is 13.5. The third kappa shape index (κ3) is 3.32. The zero-order chi connectivity index (χ0) is 14.2. The maximum absolute atomic E-state index is 8.58. The summed E-state index contributed by atoms with van der Waals surface area (Å²) in [7, 11) is 0. The number of amides is 1. The molecule has 0 aliphatic rings. The van der Waals surface area contributed by atoms with Gasteiger partial charge >= 0.3 is 0 Å². The van der Waals surface area contributed by atoms with Crippen molar-refractivity contribution < 1.29 is 4.79 Å². The summed E-state index contributed by atoms with van der Waals surface area (Å²) in [6.07, 6.45) is 3.97. The highest BCUT2D eigenvalue weighted by atomic mass is 16.1. The van der Waals surface area contributed by atoms with Gasteiger partial charge in [-0.2, -0.15) is 5.10 Å². The molecule has 1 amide bonds. The monoisotopic (exact) mass is 265 g/mol. The standard InChI is InChI=1S/C15H12N2.CH3NO/c1-2-5-13(6-3-1)14-7-9-15(10-8-14)17-12-4-11-16-17;2-1-3/h1-12H;1H,(H2,2,3). The minimum atomic E-state index is 0.250. The highest BCUT2D eigenvalue weighted by Crippen LogP contribution is 2.20. The second-order valence-corrected chi connectivity index (χ2v) is 4.00. The Kier molecular flexibility index (Phi) is 4.67. The lowest BCUT2D eigenvalue weighted by Gasteiger charge is -2.04. The van der Waals surface area contributed by atoms with E-state index in [2.05, 4.69) is 59.4 Å². The molecule has 4 nitrogen and oxygen atoms in total. The van der Waals surface area contributed by atoms with Gasteiger partial charge in [0, 0.05) is 12.4 Å². The molecule has 3 rings (SSSR count). The predicted octanol–water partition coefficient (Wildman–Crippen LogP) is 2.64. The number of primary amides is 1. The van der Waals surface area contributed by atoms with Crippen LogP contribution in [0.4, 0.5) is 0 Å². The Morgan fingerprint density at radius 1 is 0.900 bits per heavy atom. The van der Waals surface area contributed by atoms with E-state index in [1.807, 2.05) is 23.0 Å². The Balaban J connectivity index is 0.000000452. The van der Waals surface area contributed by atoms with Crippen LogP contribution >= 0.6 is 0 Å². The van der Waals surface area contributed by atoms with Crippen LogP contribution in [0.2, 0.25) is 0 Å². The van der Waals surface area contributed by atoms with E-state index in [4.69, 9.17) is 4.79 Å². The number of nitrogens with zero attached hydrogens (tertiary/aromatic N) is 2. The van der Waals surface area contributed by atoms with Crippen molar-refractivity contribution in [3.05, 3.63) is 73.1 Å². The van der Waals surface area contributed by atoms with E-state index < -0.39 is 0 Å². The molecule has 3 aromatic rings. The summed E-state index contributed by atoms with van der Waals surface area (Å²) in [6.45, 7) is 0. The number of aromatic nitrogens is 2. The van der Waals surface area contributed by atoms with Crippen molar-refractivity contribution in [1.29, 1.82) is 0 Å². The molecule has 0 saturated heterocycles. The van der Waals surface area contributed by atoms with Crippen molar-refractivity contribution in [2.75, 3.05) is 0 Å². The van der Waals surface area contributed by atoms with Crippen molar-refractivity contribution in [2.24, 2.45) is 5.73 Å². The number of benzene rings is 2. The highest BCUT2D eigenvalue weighted by molar-refractivity contribution is 5.64. The lowest BCUT2D eigenvalue weighted by Crippen LogP contribution is -1.93. The average molecular weight is 265 g/mol. The molecule has 1 heterocycles. The van der Waals surface area contributed by atoms with Crippen LogP contribution in [0.3, 0.4) is 0 Å². The molecular formula is C16H15N3O. The maximum Gasteiger partial charge on any atom is 0.204 e. The van der Waals surface area contributed by atoms with Gasteiger partial charge in [0.25, 0.3) is 0 Å². The van der Waals surface area contributed by atoms with Crippen LogP contribution in [0.25, 0.3) is 16.8 Å². The molecule has 0 radical (unpaired) electrons. The van der Waals surface area contributed by atoms with Crippen molar-refractivity contribution in [2.45, 2.75) is 0 Å². The van der Waals surface area contributed by atoms with Gasteiger partial charge in [0.2, 0.25) is 6.41 Å². The normalized spacial score (nSPS) is 9.40. The summed E-state index contributed by atoms with van der Waals surface area (Å²) in [5.41, 5.74) is 7.70. The smallest absolute Gasteiger partial charge is 0.204 e. The molecule has 20 heavy (non-hydrogen) atoms. The van der Waals surface area contributed by atoms with Crippen molar-refractivity contribution in [1.82, 2.24) is 9.78 Å². The van der Waals surface area contributed by atoms with Gasteiger partial charge in [-0.15, -0.1) is 0 Å².